The highest BCUT2D eigenvalue weighted by Gasteiger charge is 2.44. The summed E-state index contributed by atoms with van der Waals surface area (Å²) in [5, 5.41) is 0. The zero-order valence-corrected chi connectivity index (χ0v) is 21.7. The lowest BCUT2D eigenvalue weighted by Gasteiger charge is -2.08. The van der Waals surface area contributed by atoms with Crippen molar-refractivity contribution < 1.29 is 52.3 Å². The maximum atomic E-state index is 10.7. The van der Waals surface area contributed by atoms with Crippen molar-refractivity contribution in [3.63, 3.8) is 0 Å². The average Bonchev–Trinajstić information content (AvgIpc) is 2.74. The predicted octanol–water partition coefficient (Wildman–Crippen LogP) is 5.29. The molecule has 0 heterocycles. The van der Waals surface area contributed by atoms with E-state index in [0.29, 0.717) is 0 Å². The summed E-state index contributed by atoms with van der Waals surface area (Å²) in [6.45, 7) is 0. The van der Waals surface area contributed by atoms with Gasteiger partial charge in [0.2, 0.25) is 0 Å². The SMILES string of the molecule is O=S(=O)(O)C(F)(F)F.O=S(=O)([O-])C(F)(F)F.P.c1ccc([S+](c2ccccc2)c2ccccc2)cc1. The first-order valence-electron chi connectivity index (χ1n) is 8.90. The molecule has 1 atom stereocenters. The van der Waals surface area contributed by atoms with E-state index in [9.17, 15) is 26.3 Å². The zero-order valence-electron chi connectivity index (χ0n) is 17.8. The molecule has 3 rings (SSSR count). The van der Waals surface area contributed by atoms with Gasteiger partial charge < -0.3 is 4.55 Å². The Bertz CT molecular complexity index is 1120. The first kappa shape index (κ1) is 33.8. The molecule has 0 aliphatic rings. The van der Waals surface area contributed by atoms with Crippen LogP contribution in [0.3, 0.4) is 0 Å². The zero-order chi connectivity index (χ0) is 26.9. The Morgan fingerprint density at radius 3 is 0.917 bits per heavy atom. The van der Waals surface area contributed by atoms with Gasteiger partial charge in [0.25, 0.3) is 0 Å². The van der Waals surface area contributed by atoms with Gasteiger partial charge in [-0.25, -0.2) is 8.42 Å². The molecule has 3 aromatic carbocycles. The van der Waals surface area contributed by atoms with Crippen molar-refractivity contribution in [1.29, 1.82) is 0 Å². The minimum atomic E-state index is -6.09. The molecule has 0 aromatic heterocycles. The van der Waals surface area contributed by atoms with Gasteiger partial charge in [0, 0.05) is 0 Å². The van der Waals surface area contributed by atoms with Gasteiger partial charge in [0.05, 0.1) is 10.9 Å². The summed E-state index contributed by atoms with van der Waals surface area (Å²) in [5.74, 6) is 0. The van der Waals surface area contributed by atoms with Crippen LogP contribution in [0.25, 0.3) is 0 Å². The van der Waals surface area contributed by atoms with Crippen molar-refractivity contribution in [2.24, 2.45) is 0 Å². The Balaban J connectivity index is 0.000000607. The van der Waals surface area contributed by atoms with Crippen LogP contribution in [0, 0.1) is 0 Å². The molecule has 1 N–H and O–H groups in total. The van der Waals surface area contributed by atoms with Crippen LogP contribution < -0.4 is 0 Å². The van der Waals surface area contributed by atoms with Crippen molar-refractivity contribution in [3.05, 3.63) is 91.0 Å². The minimum Gasteiger partial charge on any atom is -0.741 e. The number of benzene rings is 3. The number of halogens is 6. The van der Waals surface area contributed by atoms with E-state index in [2.05, 4.69) is 91.0 Å². The van der Waals surface area contributed by atoms with Crippen LogP contribution >= 0.6 is 9.90 Å². The maximum absolute atomic E-state index is 10.7. The van der Waals surface area contributed by atoms with Crippen LogP contribution in [0.2, 0.25) is 0 Å². The molecular formula is C20H19F6O6PS3. The fourth-order valence-corrected chi connectivity index (χ4v) is 4.18. The van der Waals surface area contributed by atoms with Gasteiger partial charge in [-0.1, -0.05) is 54.6 Å². The van der Waals surface area contributed by atoms with Crippen LogP contribution in [0.4, 0.5) is 26.3 Å². The Morgan fingerprint density at radius 2 is 0.778 bits per heavy atom. The lowest BCUT2D eigenvalue weighted by Crippen LogP contribution is -2.21. The Hall–Kier alpha value is -2.16. The van der Waals surface area contributed by atoms with E-state index < -0.39 is 31.3 Å². The van der Waals surface area contributed by atoms with Crippen molar-refractivity contribution in [3.8, 4) is 0 Å². The molecule has 0 spiro atoms. The standard InChI is InChI=1S/C18H15S.2CHF3O3S.H3P/c1-4-10-16(11-5-1)19(17-12-6-2-7-13-17)18-14-8-3-9-15-18;2*2-1(3,4)8(5,6)7;/h1-15H;2*(H,5,6,7);1H3/q+1;;;/p-1. The van der Waals surface area contributed by atoms with Gasteiger partial charge in [-0.05, 0) is 36.4 Å². The third-order valence-electron chi connectivity index (χ3n) is 3.51. The monoisotopic (exact) mass is 596 g/mol. The van der Waals surface area contributed by atoms with Crippen LogP contribution in [-0.2, 0) is 31.1 Å². The molecule has 0 saturated carbocycles. The van der Waals surface area contributed by atoms with Crippen molar-refractivity contribution in [2.45, 2.75) is 25.7 Å². The largest absolute Gasteiger partial charge is 0.741 e. The topological polar surface area (TPSA) is 112 Å². The Morgan fingerprint density at radius 1 is 0.583 bits per heavy atom. The highest BCUT2D eigenvalue weighted by atomic mass is 32.2. The highest BCUT2D eigenvalue weighted by molar-refractivity contribution is 7.97. The molecule has 0 radical (unpaired) electrons. The molecule has 0 aliphatic carbocycles. The quantitative estimate of drug-likeness (QED) is 0.145. The van der Waals surface area contributed by atoms with Gasteiger partial charge in [0.15, 0.2) is 24.8 Å². The van der Waals surface area contributed by atoms with E-state index in [-0.39, 0.29) is 20.8 Å². The summed E-state index contributed by atoms with van der Waals surface area (Å²) in [5.41, 5.74) is -11.2. The summed E-state index contributed by atoms with van der Waals surface area (Å²) in [4.78, 5) is 4.08. The molecule has 0 fully saturated rings. The maximum Gasteiger partial charge on any atom is 0.522 e. The third-order valence-corrected chi connectivity index (χ3v) is 6.90. The second-order valence-electron chi connectivity index (χ2n) is 6.07. The van der Waals surface area contributed by atoms with Crippen LogP contribution in [0.5, 0.6) is 0 Å². The smallest absolute Gasteiger partial charge is 0.522 e. The molecule has 3 aromatic rings. The van der Waals surface area contributed by atoms with E-state index in [4.69, 9.17) is 25.9 Å². The minimum absolute atomic E-state index is 0. The van der Waals surface area contributed by atoms with Crippen molar-refractivity contribution in [1.82, 2.24) is 0 Å². The fraction of sp³-hybridized carbons (Fsp3) is 0.100. The van der Waals surface area contributed by atoms with Gasteiger partial charge in [-0.3, -0.25) is 4.55 Å². The number of alkyl halides is 6. The Labute approximate surface area is 209 Å². The lowest BCUT2D eigenvalue weighted by molar-refractivity contribution is -0.0519. The molecule has 0 saturated heterocycles. The number of hydrogen-bond acceptors (Lipinski definition) is 5. The molecular weight excluding hydrogens is 577 g/mol. The molecule has 200 valence electrons. The van der Waals surface area contributed by atoms with Crippen molar-refractivity contribution >= 4 is 41.0 Å². The van der Waals surface area contributed by atoms with E-state index in [0.717, 1.165) is 0 Å². The van der Waals surface area contributed by atoms with Gasteiger partial charge in [0.1, 0.15) is 0 Å². The third kappa shape index (κ3) is 11.3. The van der Waals surface area contributed by atoms with Gasteiger partial charge >= 0.3 is 21.1 Å². The van der Waals surface area contributed by atoms with Crippen LogP contribution in [-0.4, -0.2) is 37.0 Å². The molecule has 16 heteroatoms. The predicted molar refractivity (Wildman–Crippen MR) is 126 cm³/mol. The summed E-state index contributed by atoms with van der Waals surface area (Å²) in [6, 6.07) is 32.2. The van der Waals surface area contributed by atoms with Crippen LogP contribution in [0.1, 0.15) is 0 Å². The summed E-state index contributed by atoms with van der Waals surface area (Å²) >= 11 is 0. The molecule has 36 heavy (non-hydrogen) atoms. The Kier molecular flexibility index (Phi) is 13.1. The number of rotatable bonds is 3. The second-order valence-corrected chi connectivity index (χ2v) is 10.9. The molecule has 6 nitrogen and oxygen atoms in total. The van der Waals surface area contributed by atoms with Crippen LogP contribution in [0.15, 0.2) is 106 Å². The van der Waals surface area contributed by atoms with E-state index >= 15 is 0 Å². The first-order chi connectivity index (χ1) is 15.9. The van der Waals surface area contributed by atoms with Gasteiger partial charge in [-0.15, -0.1) is 0 Å². The lowest BCUT2D eigenvalue weighted by atomic mass is 10.4. The van der Waals surface area contributed by atoms with E-state index in [1.54, 1.807) is 0 Å². The van der Waals surface area contributed by atoms with Crippen molar-refractivity contribution in [2.75, 3.05) is 0 Å². The average molecular weight is 597 g/mol. The molecule has 0 bridgehead atoms. The van der Waals surface area contributed by atoms with E-state index in [1.165, 1.54) is 14.7 Å². The summed E-state index contributed by atoms with van der Waals surface area (Å²) < 4.78 is 116. The normalized spacial score (nSPS) is 11.8. The fourth-order valence-electron chi connectivity index (χ4n) is 2.08. The molecule has 1 unspecified atom stereocenters. The summed E-state index contributed by atoms with van der Waals surface area (Å²) in [7, 11) is -11.9. The highest BCUT2D eigenvalue weighted by Crippen LogP contribution is 2.30. The first-order valence-corrected chi connectivity index (χ1v) is 13.0. The van der Waals surface area contributed by atoms with E-state index in [1.807, 2.05) is 0 Å². The van der Waals surface area contributed by atoms with Gasteiger partial charge in [-0.2, -0.15) is 44.7 Å². The molecule has 0 aliphatic heterocycles. The summed E-state index contributed by atoms with van der Waals surface area (Å²) in [6.07, 6.45) is 0. The molecule has 0 amide bonds. The second kappa shape index (κ2) is 14.0. The number of hydrogen-bond donors (Lipinski definition) is 1.